The Morgan fingerprint density at radius 3 is 2.50 bits per heavy atom. The van der Waals surface area contributed by atoms with Gasteiger partial charge in [-0.25, -0.2) is 0 Å². The Morgan fingerprint density at radius 2 is 2.00 bits per heavy atom. The second kappa shape index (κ2) is 5.26. The molecule has 3 N–H and O–H groups in total. The first-order chi connectivity index (χ1) is 6.56. The van der Waals surface area contributed by atoms with Crippen molar-refractivity contribution in [2.45, 2.75) is 13.0 Å². The van der Waals surface area contributed by atoms with E-state index >= 15 is 0 Å². The van der Waals surface area contributed by atoms with E-state index in [1.54, 1.807) is 0 Å². The van der Waals surface area contributed by atoms with Crippen molar-refractivity contribution in [3.05, 3.63) is 32.7 Å². The topological polar surface area (TPSA) is 46.2 Å². The summed E-state index contributed by atoms with van der Waals surface area (Å²) in [6, 6.07) is 5.71. The van der Waals surface area contributed by atoms with E-state index in [0.29, 0.717) is 6.54 Å². The fourth-order valence-electron chi connectivity index (χ4n) is 1.15. The summed E-state index contributed by atoms with van der Waals surface area (Å²) in [6.45, 7) is 2.41. The highest BCUT2D eigenvalue weighted by atomic mass is 79.9. The third-order valence-electron chi connectivity index (χ3n) is 2.20. The minimum atomic E-state index is -0.496. The zero-order valence-corrected chi connectivity index (χ0v) is 11.0. The summed E-state index contributed by atoms with van der Waals surface area (Å²) >= 11 is 6.78. The molecule has 1 aromatic rings. The van der Waals surface area contributed by atoms with Crippen LogP contribution in [0.15, 0.2) is 27.1 Å². The van der Waals surface area contributed by atoms with Crippen molar-refractivity contribution in [1.29, 1.82) is 0 Å². The highest BCUT2D eigenvalue weighted by Crippen LogP contribution is 2.28. The molecule has 14 heavy (non-hydrogen) atoms. The second-order valence-corrected chi connectivity index (χ2v) is 5.04. The molecule has 2 nitrogen and oxygen atoms in total. The first-order valence-corrected chi connectivity index (χ1v) is 5.98. The van der Waals surface area contributed by atoms with Crippen molar-refractivity contribution in [3.63, 3.8) is 0 Å². The molecule has 0 aliphatic heterocycles. The molecule has 0 fully saturated rings. The molecule has 0 bridgehead atoms. The monoisotopic (exact) mass is 321 g/mol. The van der Waals surface area contributed by atoms with Crippen molar-refractivity contribution in [2.75, 3.05) is 6.54 Å². The van der Waals surface area contributed by atoms with Crippen molar-refractivity contribution in [2.24, 2.45) is 11.7 Å². The predicted octanol–water partition coefficient (Wildman–Crippen LogP) is 2.84. The van der Waals surface area contributed by atoms with Crippen LogP contribution in [0.5, 0.6) is 0 Å². The summed E-state index contributed by atoms with van der Waals surface area (Å²) in [5.74, 6) is 0.0723. The number of aliphatic hydroxyl groups is 1. The van der Waals surface area contributed by atoms with E-state index in [0.717, 1.165) is 14.5 Å². The molecule has 0 saturated heterocycles. The molecule has 78 valence electrons. The molecule has 1 rings (SSSR count). The average Bonchev–Trinajstić information content (AvgIpc) is 2.20. The molecule has 0 spiro atoms. The van der Waals surface area contributed by atoms with Gasteiger partial charge in [0.1, 0.15) is 0 Å². The minimum absolute atomic E-state index is 0.0723. The summed E-state index contributed by atoms with van der Waals surface area (Å²) in [7, 11) is 0. The lowest BCUT2D eigenvalue weighted by molar-refractivity contribution is 0.121. The van der Waals surface area contributed by atoms with E-state index in [-0.39, 0.29) is 5.92 Å². The zero-order chi connectivity index (χ0) is 10.7. The van der Waals surface area contributed by atoms with Gasteiger partial charge in [0, 0.05) is 8.95 Å². The number of nitrogens with two attached hydrogens (primary N) is 1. The summed E-state index contributed by atoms with van der Waals surface area (Å²) in [4.78, 5) is 0. The first kappa shape index (κ1) is 12.2. The number of hydrogen-bond donors (Lipinski definition) is 2. The van der Waals surface area contributed by atoms with Crippen LogP contribution in [0.25, 0.3) is 0 Å². The maximum Gasteiger partial charge on any atom is 0.0828 e. The fraction of sp³-hybridized carbons (Fsp3) is 0.400. The third-order valence-corrected chi connectivity index (χ3v) is 4.08. The van der Waals surface area contributed by atoms with E-state index < -0.39 is 6.10 Å². The smallest absolute Gasteiger partial charge is 0.0828 e. The molecule has 2 atom stereocenters. The maximum atomic E-state index is 9.89. The van der Waals surface area contributed by atoms with Gasteiger partial charge in [0.15, 0.2) is 0 Å². The van der Waals surface area contributed by atoms with E-state index in [1.807, 2.05) is 25.1 Å². The van der Waals surface area contributed by atoms with Crippen LogP contribution < -0.4 is 5.73 Å². The minimum Gasteiger partial charge on any atom is -0.388 e. The fourth-order valence-corrected chi connectivity index (χ4v) is 1.80. The molecule has 0 radical (unpaired) electrons. The molecule has 0 heterocycles. The number of halogens is 2. The van der Waals surface area contributed by atoms with Crippen LogP contribution in [0.3, 0.4) is 0 Å². The summed E-state index contributed by atoms with van der Waals surface area (Å²) in [5.41, 5.74) is 6.38. The lowest BCUT2D eigenvalue weighted by atomic mass is 9.98. The maximum absolute atomic E-state index is 9.89. The summed E-state index contributed by atoms with van der Waals surface area (Å²) in [5, 5.41) is 9.89. The third kappa shape index (κ3) is 2.79. The van der Waals surface area contributed by atoms with Gasteiger partial charge in [0.25, 0.3) is 0 Å². The molecule has 0 aliphatic carbocycles. The Kier molecular flexibility index (Phi) is 4.57. The Labute approximate surface area is 101 Å². The second-order valence-electron chi connectivity index (χ2n) is 3.33. The van der Waals surface area contributed by atoms with Crippen LogP contribution in [0.4, 0.5) is 0 Å². The van der Waals surface area contributed by atoms with Crippen LogP contribution in [0, 0.1) is 5.92 Å². The van der Waals surface area contributed by atoms with Crippen molar-refractivity contribution in [3.8, 4) is 0 Å². The van der Waals surface area contributed by atoms with E-state index in [9.17, 15) is 5.11 Å². The standard InChI is InChI=1S/C10H13Br2NO/c1-6(5-13)10(14)7-2-3-8(11)9(12)4-7/h2-4,6,10,14H,5,13H2,1H3. The van der Waals surface area contributed by atoms with Crippen LogP contribution in [0.1, 0.15) is 18.6 Å². The van der Waals surface area contributed by atoms with Crippen LogP contribution in [-0.2, 0) is 0 Å². The number of hydrogen-bond acceptors (Lipinski definition) is 2. The van der Waals surface area contributed by atoms with Gasteiger partial charge >= 0.3 is 0 Å². The van der Waals surface area contributed by atoms with Gasteiger partial charge in [-0.15, -0.1) is 0 Å². The molecule has 0 aromatic heterocycles. The van der Waals surface area contributed by atoms with E-state index in [1.165, 1.54) is 0 Å². The van der Waals surface area contributed by atoms with Gasteiger partial charge in [-0.3, -0.25) is 0 Å². The quantitative estimate of drug-likeness (QED) is 0.899. The lowest BCUT2D eigenvalue weighted by Crippen LogP contribution is -2.18. The predicted molar refractivity (Wildman–Crippen MR) is 65.0 cm³/mol. The number of benzene rings is 1. The van der Waals surface area contributed by atoms with E-state index in [2.05, 4.69) is 31.9 Å². The van der Waals surface area contributed by atoms with Gasteiger partial charge in [0.05, 0.1) is 6.10 Å². The first-order valence-electron chi connectivity index (χ1n) is 4.39. The van der Waals surface area contributed by atoms with Crippen LogP contribution in [0.2, 0.25) is 0 Å². The van der Waals surface area contributed by atoms with Gasteiger partial charge in [-0.05, 0) is 62.0 Å². The molecule has 1 aromatic carbocycles. The van der Waals surface area contributed by atoms with Gasteiger partial charge in [-0.1, -0.05) is 13.0 Å². The average molecular weight is 323 g/mol. The molecule has 4 heteroatoms. The highest BCUT2D eigenvalue weighted by Gasteiger charge is 2.15. The Bertz CT molecular complexity index is 317. The van der Waals surface area contributed by atoms with E-state index in [4.69, 9.17) is 5.73 Å². The molecule has 0 amide bonds. The Hall–Kier alpha value is 0.1000. The molecular formula is C10H13Br2NO. The molecule has 0 saturated carbocycles. The SMILES string of the molecule is CC(CN)C(O)c1ccc(Br)c(Br)c1. The van der Waals surface area contributed by atoms with Crippen molar-refractivity contribution >= 4 is 31.9 Å². The van der Waals surface area contributed by atoms with Crippen molar-refractivity contribution < 1.29 is 5.11 Å². The Morgan fingerprint density at radius 1 is 1.36 bits per heavy atom. The van der Waals surface area contributed by atoms with Crippen LogP contribution >= 0.6 is 31.9 Å². The number of aliphatic hydroxyl groups excluding tert-OH is 1. The zero-order valence-electron chi connectivity index (χ0n) is 7.87. The lowest BCUT2D eigenvalue weighted by Gasteiger charge is -2.17. The molecule has 2 unspecified atom stereocenters. The molecule has 0 aliphatic rings. The normalized spacial score (nSPS) is 15.2. The molecular weight excluding hydrogens is 310 g/mol. The highest BCUT2D eigenvalue weighted by molar-refractivity contribution is 9.13. The van der Waals surface area contributed by atoms with Gasteiger partial charge in [0.2, 0.25) is 0 Å². The van der Waals surface area contributed by atoms with Crippen molar-refractivity contribution in [1.82, 2.24) is 0 Å². The largest absolute Gasteiger partial charge is 0.388 e. The van der Waals surface area contributed by atoms with Gasteiger partial charge in [-0.2, -0.15) is 0 Å². The number of rotatable bonds is 3. The van der Waals surface area contributed by atoms with Crippen LogP contribution in [-0.4, -0.2) is 11.7 Å². The Balaban J connectivity index is 2.91. The van der Waals surface area contributed by atoms with Gasteiger partial charge < -0.3 is 10.8 Å². The summed E-state index contributed by atoms with van der Waals surface area (Å²) in [6.07, 6.45) is -0.496. The summed E-state index contributed by atoms with van der Waals surface area (Å²) < 4.78 is 1.92.